The zero-order chi connectivity index (χ0) is 28.7. The molecule has 0 unspecified atom stereocenters. The van der Waals surface area contributed by atoms with Gasteiger partial charge in [0.05, 0.1) is 38.4 Å². The average molecular weight is 588 g/mol. The maximum Gasteiger partial charge on any atom is 0.259 e. The van der Waals surface area contributed by atoms with Gasteiger partial charge >= 0.3 is 0 Å². The number of piperazine rings is 1. The van der Waals surface area contributed by atoms with Gasteiger partial charge in [-0.15, -0.1) is 0 Å². The molecule has 2 amide bonds. The quantitative estimate of drug-likeness (QED) is 0.290. The van der Waals surface area contributed by atoms with E-state index in [4.69, 9.17) is 11.6 Å². The zero-order valence-corrected chi connectivity index (χ0v) is 23.9. The summed E-state index contributed by atoms with van der Waals surface area (Å²) < 4.78 is 28.4. The molecule has 1 fully saturated rings. The van der Waals surface area contributed by atoms with Gasteiger partial charge in [-0.25, -0.2) is 8.60 Å². The third-order valence-corrected chi connectivity index (χ3v) is 9.36. The molecule has 0 saturated carbocycles. The molecule has 41 heavy (non-hydrogen) atoms. The van der Waals surface area contributed by atoms with E-state index >= 15 is 0 Å². The molecule has 0 bridgehead atoms. The molecule has 1 saturated heterocycles. The third-order valence-electron chi connectivity index (χ3n) is 7.62. The van der Waals surface area contributed by atoms with E-state index in [9.17, 15) is 18.2 Å². The fourth-order valence-corrected chi connectivity index (χ4v) is 6.92. The number of benzene rings is 4. The van der Waals surface area contributed by atoms with E-state index in [0.717, 1.165) is 11.3 Å². The van der Waals surface area contributed by atoms with Crippen LogP contribution in [-0.4, -0.2) is 47.1 Å². The fourth-order valence-electron chi connectivity index (χ4n) is 5.41. The number of aryl methyl sites for hydroxylation is 1. The van der Waals surface area contributed by atoms with Gasteiger partial charge in [0.2, 0.25) is 0 Å². The van der Waals surface area contributed by atoms with Crippen LogP contribution in [0.2, 0.25) is 5.02 Å². The molecule has 2 aliphatic heterocycles. The second kappa shape index (κ2) is 11.1. The third kappa shape index (κ3) is 5.13. The summed E-state index contributed by atoms with van der Waals surface area (Å²) in [6.45, 7) is 4.28. The summed E-state index contributed by atoms with van der Waals surface area (Å²) >= 11 is 6.22. The predicted octanol–water partition coefficient (Wildman–Crippen LogP) is 6.08. The Morgan fingerprint density at radius 2 is 1.61 bits per heavy atom. The predicted molar refractivity (Wildman–Crippen MR) is 159 cm³/mol. The Balaban J connectivity index is 1.32. The molecule has 1 atom stereocenters. The largest absolute Gasteiger partial charge is 0.368 e. The van der Waals surface area contributed by atoms with Crippen molar-refractivity contribution in [1.82, 2.24) is 4.90 Å². The minimum Gasteiger partial charge on any atom is -0.368 e. The molecule has 4 aromatic carbocycles. The molecule has 208 valence electrons. The summed E-state index contributed by atoms with van der Waals surface area (Å²) in [5, 5.41) is 0.670. The Hall–Kier alpha value is -4.01. The highest BCUT2D eigenvalue weighted by atomic mass is 35.5. The normalized spacial score (nSPS) is 16.7. The number of carbonyl (C=O) groups excluding carboxylic acids is 2. The molecular formula is C32H27ClFN3O3S. The maximum absolute atomic E-state index is 14.7. The standard InChI is InChI=1S/C32H27ClFN3O3S/c1-21-10-12-24(33)19-27(21)35-14-16-36(17-15-35)31(38)22-11-13-30-28(18-22)37(20-23-6-2-4-8-26(23)34)32(39)25-7-3-5-9-29(25)41(30)40/h2-13,18-19H,14-17,20H2,1H3/t41-/m1/s1. The Morgan fingerprint density at radius 1 is 0.878 bits per heavy atom. The van der Waals surface area contributed by atoms with E-state index in [0.29, 0.717) is 63.4 Å². The van der Waals surface area contributed by atoms with Crippen LogP contribution in [0.15, 0.2) is 94.7 Å². The van der Waals surface area contributed by atoms with Gasteiger partial charge in [0, 0.05) is 48.0 Å². The lowest BCUT2D eigenvalue weighted by Crippen LogP contribution is -2.49. The highest BCUT2D eigenvalue weighted by molar-refractivity contribution is 7.85. The van der Waals surface area contributed by atoms with Crippen molar-refractivity contribution in [1.29, 1.82) is 0 Å². The molecule has 0 N–H and O–H groups in total. The van der Waals surface area contributed by atoms with Gasteiger partial charge in [0.1, 0.15) is 5.82 Å². The van der Waals surface area contributed by atoms with Gasteiger partial charge in [-0.05, 0) is 61.0 Å². The van der Waals surface area contributed by atoms with Crippen LogP contribution in [0.1, 0.15) is 31.8 Å². The lowest BCUT2D eigenvalue weighted by Gasteiger charge is -2.37. The minimum absolute atomic E-state index is 0.0701. The van der Waals surface area contributed by atoms with E-state index in [-0.39, 0.29) is 12.5 Å². The molecule has 4 aromatic rings. The first-order valence-electron chi connectivity index (χ1n) is 13.3. The molecule has 0 aliphatic carbocycles. The number of halogens is 2. The highest BCUT2D eigenvalue weighted by Crippen LogP contribution is 2.36. The topological polar surface area (TPSA) is 60.9 Å². The van der Waals surface area contributed by atoms with Crippen molar-refractivity contribution < 1.29 is 18.2 Å². The Morgan fingerprint density at radius 3 is 2.39 bits per heavy atom. The van der Waals surface area contributed by atoms with E-state index in [1.165, 1.54) is 11.0 Å². The molecule has 0 radical (unpaired) electrons. The molecule has 9 heteroatoms. The molecule has 6 rings (SSSR count). The maximum atomic E-state index is 14.7. The number of rotatable bonds is 4. The zero-order valence-electron chi connectivity index (χ0n) is 22.3. The van der Waals surface area contributed by atoms with Crippen LogP contribution >= 0.6 is 11.6 Å². The molecule has 2 heterocycles. The summed E-state index contributed by atoms with van der Waals surface area (Å²) in [6.07, 6.45) is 0. The van der Waals surface area contributed by atoms with Crippen LogP contribution in [0.3, 0.4) is 0 Å². The van der Waals surface area contributed by atoms with Crippen LogP contribution in [-0.2, 0) is 17.3 Å². The molecule has 0 spiro atoms. The number of hydrogen-bond acceptors (Lipinski definition) is 4. The van der Waals surface area contributed by atoms with Gasteiger partial charge < -0.3 is 14.7 Å². The monoisotopic (exact) mass is 587 g/mol. The lowest BCUT2D eigenvalue weighted by molar-refractivity contribution is 0.0746. The first kappa shape index (κ1) is 27.2. The van der Waals surface area contributed by atoms with Gasteiger partial charge in [-0.2, -0.15) is 0 Å². The van der Waals surface area contributed by atoms with Crippen LogP contribution in [0.4, 0.5) is 15.8 Å². The van der Waals surface area contributed by atoms with Crippen molar-refractivity contribution in [2.24, 2.45) is 0 Å². The highest BCUT2D eigenvalue weighted by Gasteiger charge is 2.33. The van der Waals surface area contributed by atoms with E-state index in [1.54, 1.807) is 65.6 Å². The van der Waals surface area contributed by atoms with Crippen molar-refractivity contribution in [3.63, 3.8) is 0 Å². The van der Waals surface area contributed by atoms with Gasteiger partial charge in [0.15, 0.2) is 0 Å². The number of anilines is 2. The summed E-state index contributed by atoms with van der Waals surface area (Å²) in [6, 6.07) is 23.7. The van der Waals surface area contributed by atoms with Crippen LogP contribution in [0.25, 0.3) is 0 Å². The van der Waals surface area contributed by atoms with Crippen molar-refractivity contribution in [3.8, 4) is 0 Å². The molecule has 0 aromatic heterocycles. The van der Waals surface area contributed by atoms with E-state index in [1.807, 2.05) is 25.1 Å². The molecular weight excluding hydrogens is 561 g/mol. The average Bonchev–Trinajstić information content (AvgIpc) is 3.08. The minimum atomic E-state index is -1.67. The van der Waals surface area contributed by atoms with Gasteiger partial charge in [-0.1, -0.05) is 48.0 Å². The lowest BCUT2D eigenvalue weighted by atomic mass is 10.1. The smallest absolute Gasteiger partial charge is 0.259 e. The second-order valence-electron chi connectivity index (χ2n) is 10.1. The number of nitrogens with zero attached hydrogens (tertiary/aromatic N) is 3. The van der Waals surface area contributed by atoms with Gasteiger partial charge in [-0.3, -0.25) is 9.59 Å². The van der Waals surface area contributed by atoms with E-state index < -0.39 is 22.5 Å². The van der Waals surface area contributed by atoms with E-state index in [2.05, 4.69) is 4.90 Å². The summed E-state index contributed by atoms with van der Waals surface area (Å²) in [7, 11) is -1.67. The molecule has 2 aliphatic rings. The Bertz CT molecular complexity index is 1700. The van der Waals surface area contributed by atoms with Crippen molar-refractivity contribution >= 4 is 45.6 Å². The number of amides is 2. The number of carbonyl (C=O) groups is 2. The van der Waals surface area contributed by atoms with Crippen LogP contribution < -0.4 is 9.80 Å². The first-order valence-corrected chi connectivity index (χ1v) is 14.8. The van der Waals surface area contributed by atoms with Crippen molar-refractivity contribution in [3.05, 3.63) is 118 Å². The van der Waals surface area contributed by atoms with Crippen molar-refractivity contribution in [2.75, 3.05) is 36.0 Å². The van der Waals surface area contributed by atoms with Crippen LogP contribution in [0, 0.1) is 12.7 Å². The number of hydrogen-bond donors (Lipinski definition) is 0. The van der Waals surface area contributed by atoms with Crippen LogP contribution in [0.5, 0.6) is 0 Å². The van der Waals surface area contributed by atoms with Gasteiger partial charge in [0.25, 0.3) is 11.8 Å². The second-order valence-corrected chi connectivity index (χ2v) is 12.0. The number of fused-ring (bicyclic) bond motifs is 2. The Labute approximate surface area is 245 Å². The molecule has 6 nitrogen and oxygen atoms in total. The SMILES string of the molecule is Cc1ccc(Cl)cc1N1CCN(C(=O)c2ccc3c(c2)N(Cc2ccccc2F)C(=O)c2ccccc2[S@]3=O)CC1. The fraction of sp³-hybridized carbons (Fsp3) is 0.188. The Kier molecular flexibility index (Phi) is 7.36. The first-order chi connectivity index (χ1) is 19.8. The summed E-state index contributed by atoms with van der Waals surface area (Å²) in [4.78, 5) is 33.7. The van der Waals surface area contributed by atoms with Crippen molar-refractivity contribution in [2.45, 2.75) is 23.3 Å². The summed E-state index contributed by atoms with van der Waals surface area (Å²) in [5.74, 6) is -1.02. The summed E-state index contributed by atoms with van der Waals surface area (Å²) in [5.41, 5.74) is 3.50.